The van der Waals surface area contributed by atoms with Crippen LogP contribution in [-0.2, 0) is 0 Å². The Bertz CT molecular complexity index is 537. The van der Waals surface area contributed by atoms with Crippen LogP contribution in [0.5, 0.6) is 0 Å². The maximum Gasteiger partial charge on any atom is 0.0786 e. The van der Waals surface area contributed by atoms with Crippen LogP contribution in [-0.4, -0.2) is 24.3 Å². The zero-order chi connectivity index (χ0) is 13.2. The Labute approximate surface area is 113 Å². The molecule has 4 N–H and O–H groups in total. The quantitative estimate of drug-likeness (QED) is 0.778. The van der Waals surface area contributed by atoms with Crippen molar-refractivity contribution in [2.45, 2.75) is 12.1 Å². The van der Waals surface area contributed by atoms with Crippen molar-refractivity contribution >= 4 is 0 Å². The van der Waals surface area contributed by atoms with Gasteiger partial charge in [-0.05, 0) is 22.3 Å². The third-order valence-corrected chi connectivity index (χ3v) is 3.66. The molecule has 0 aromatic heterocycles. The van der Waals surface area contributed by atoms with Crippen molar-refractivity contribution in [3.8, 4) is 11.1 Å². The summed E-state index contributed by atoms with van der Waals surface area (Å²) >= 11 is 0. The molecule has 0 bridgehead atoms. The van der Waals surface area contributed by atoms with Crippen LogP contribution in [0.4, 0.5) is 0 Å². The fourth-order valence-electron chi connectivity index (χ4n) is 2.71. The first-order chi connectivity index (χ1) is 9.31. The lowest BCUT2D eigenvalue weighted by molar-refractivity contribution is 0.177. The van der Waals surface area contributed by atoms with E-state index in [1.807, 2.05) is 0 Å². The minimum atomic E-state index is -0.500. The number of nitrogens with one attached hydrogen (secondary N) is 1. The monoisotopic (exact) mass is 254 g/mol. The molecule has 2 aromatic rings. The maximum atomic E-state index is 9.63. The van der Waals surface area contributed by atoms with Gasteiger partial charge in [0, 0.05) is 13.1 Å². The number of fused-ring (bicyclic) bond motifs is 3. The molecule has 0 heterocycles. The summed E-state index contributed by atoms with van der Waals surface area (Å²) in [4.78, 5) is 0. The molecule has 0 aliphatic heterocycles. The van der Waals surface area contributed by atoms with Crippen LogP contribution in [0.1, 0.15) is 17.2 Å². The average molecular weight is 254 g/mol. The highest BCUT2D eigenvalue weighted by atomic mass is 16.3. The second-order valence-corrected chi connectivity index (χ2v) is 4.91. The van der Waals surface area contributed by atoms with Gasteiger partial charge in [-0.2, -0.15) is 0 Å². The van der Waals surface area contributed by atoms with E-state index in [1.165, 1.54) is 22.3 Å². The molecular formula is C16H18N2O. The predicted molar refractivity (Wildman–Crippen MR) is 76.8 cm³/mol. The van der Waals surface area contributed by atoms with Gasteiger partial charge in [-0.25, -0.2) is 0 Å². The minimum absolute atomic E-state index is 0.147. The second kappa shape index (κ2) is 5.13. The third kappa shape index (κ3) is 2.16. The zero-order valence-corrected chi connectivity index (χ0v) is 10.7. The summed E-state index contributed by atoms with van der Waals surface area (Å²) in [5.74, 6) is 0. The molecule has 0 saturated carbocycles. The molecule has 1 atom stereocenters. The lowest BCUT2D eigenvalue weighted by Crippen LogP contribution is -2.34. The fraction of sp³-hybridized carbons (Fsp3) is 0.250. The minimum Gasteiger partial charge on any atom is -0.390 e. The molecule has 98 valence electrons. The first-order valence-corrected chi connectivity index (χ1v) is 6.61. The Morgan fingerprint density at radius 3 is 2.05 bits per heavy atom. The van der Waals surface area contributed by atoms with E-state index in [-0.39, 0.29) is 12.6 Å². The van der Waals surface area contributed by atoms with Crippen molar-refractivity contribution < 1.29 is 5.11 Å². The Morgan fingerprint density at radius 2 is 1.53 bits per heavy atom. The van der Waals surface area contributed by atoms with E-state index >= 15 is 0 Å². The van der Waals surface area contributed by atoms with Gasteiger partial charge in [0.15, 0.2) is 0 Å². The lowest BCUT2D eigenvalue weighted by Gasteiger charge is -2.17. The Morgan fingerprint density at radius 1 is 1.00 bits per heavy atom. The van der Waals surface area contributed by atoms with Gasteiger partial charge < -0.3 is 16.2 Å². The summed E-state index contributed by atoms with van der Waals surface area (Å²) < 4.78 is 0. The number of aliphatic hydroxyl groups is 1. The van der Waals surface area contributed by atoms with Gasteiger partial charge in [-0.15, -0.1) is 0 Å². The molecule has 0 amide bonds. The Balaban J connectivity index is 1.96. The molecule has 1 aliphatic carbocycles. The molecule has 0 saturated heterocycles. The predicted octanol–water partition coefficient (Wildman–Crippen LogP) is 1.67. The smallest absolute Gasteiger partial charge is 0.0786 e. The number of nitrogens with two attached hydrogens (primary N) is 1. The zero-order valence-electron chi connectivity index (χ0n) is 10.7. The van der Waals surface area contributed by atoms with Gasteiger partial charge in [0.05, 0.1) is 12.1 Å². The van der Waals surface area contributed by atoms with Gasteiger partial charge in [0.2, 0.25) is 0 Å². The summed E-state index contributed by atoms with van der Waals surface area (Å²) in [5, 5.41) is 13.0. The van der Waals surface area contributed by atoms with Crippen LogP contribution >= 0.6 is 0 Å². The summed E-state index contributed by atoms with van der Waals surface area (Å²) in [7, 11) is 0. The molecule has 1 aliphatic rings. The lowest BCUT2D eigenvalue weighted by atomic mass is 10.1. The standard InChI is InChI=1S/C16H18N2O/c17-9-11(19)10-18-16-14-7-3-1-5-12(14)13-6-2-4-8-15(13)16/h1-8,11,16,18-19H,9-10,17H2. The van der Waals surface area contributed by atoms with E-state index in [2.05, 4.69) is 53.8 Å². The molecule has 0 radical (unpaired) electrons. The first kappa shape index (κ1) is 12.4. The molecule has 3 nitrogen and oxygen atoms in total. The van der Waals surface area contributed by atoms with Crippen LogP contribution in [0.25, 0.3) is 11.1 Å². The van der Waals surface area contributed by atoms with Crippen LogP contribution in [0, 0.1) is 0 Å². The number of aliphatic hydroxyl groups excluding tert-OH is 1. The van der Waals surface area contributed by atoms with Gasteiger partial charge >= 0.3 is 0 Å². The molecule has 2 aromatic carbocycles. The van der Waals surface area contributed by atoms with Crippen molar-refractivity contribution in [2.24, 2.45) is 5.73 Å². The highest BCUT2D eigenvalue weighted by Crippen LogP contribution is 2.42. The Kier molecular flexibility index (Phi) is 3.34. The van der Waals surface area contributed by atoms with Crippen molar-refractivity contribution in [1.29, 1.82) is 0 Å². The molecule has 0 spiro atoms. The molecule has 3 heteroatoms. The molecule has 0 fully saturated rings. The van der Waals surface area contributed by atoms with Gasteiger partial charge in [-0.1, -0.05) is 48.5 Å². The van der Waals surface area contributed by atoms with E-state index in [9.17, 15) is 5.11 Å². The summed E-state index contributed by atoms with van der Waals surface area (Å²) in [6.45, 7) is 0.785. The fourth-order valence-corrected chi connectivity index (χ4v) is 2.71. The molecule has 3 rings (SSSR count). The van der Waals surface area contributed by atoms with Gasteiger partial charge in [-0.3, -0.25) is 0 Å². The van der Waals surface area contributed by atoms with E-state index in [1.54, 1.807) is 0 Å². The van der Waals surface area contributed by atoms with E-state index in [0.29, 0.717) is 6.54 Å². The van der Waals surface area contributed by atoms with Crippen LogP contribution in [0.3, 0.4) is 0 Å². The summed E-state index contributed by atoms with van der Waals surface area (Å²) in [5.41, 5.74) is 10.6. The van der Waals surface area contributed by atoms with Gasteiger partial charge in [0.25, 0.3) is 0 Å². The normalized spacial score (nSPS) is 15.1. The summed E-state index contributed by atoms with van der Waals surface area (Å²) in [6, 6.07) is 17.0. The van der Waals surface area contributed by atoms with Crippen molar-refractivity contribution in [3.05, 3.63) is 59.7 Å². The second-order valence-electron chi connectivity index (χ2n) is 4.91. The summed E-state index contributed by atoms with van der Waals surface area (Å²) in [6.07, 6.45) is -0.500. The van der Waals surface area contributed by atoms with Crippen molar-refractivity contribution in [3.63, 3.8) is 0 Å². The number of hydrogen-bond acceptors (Lipinski definition) is 3. The number of benzene rings is 2. The SMILES string of the molecule is NCC(O)CNC1c2ccccc2-c2ccccc21. The molecular weight excluding hydrogens is 236 g/mol. The van der Waals surface area contributed by atoms with Crippen LogP contribution in [0.2, 0.25) is 0 Å². The van der Waals surface area contributed by atoms with Crippen molar-refractivity contribution in [2.75, 3.05) is 13.1 Å². The van der Waals surface area contributed by atoms with E-state index in [0.717, 1.165) is 0 Å². The molecule has 1 unspecified atom stereocenters. The van der Waals surface area contributed by atoms with Crippen LogP contribution < -0.4 is 11.1 Å². The highest BCUT2D eigenvalue weighted by Gasteiger charge is 2.27. The third-order valence-electron chi connectivity index (χ3n) is 3.66. The highest BCUT2D eigenvalue weighted by molar-refractivity contribution is 5.78. The Hall–Kier alpha value is -1.68. The maximum absolute atomic E-state index is 9.63. The topological polar surface area (TPSA) is 58.3 Å². The largest absolute Gasteiger partial charge is 0.390 e. The van der Waals surface area contributed by atoms with E-state index < -0.39 is 6.10 Å². The van der Waals surface area contributed by atoms with E-state index in [4.69, 9.17) is 5.73 Å². The number of hydrogen-bond donors (Lipinski definition) is 3. The number of rotatable bonds is 4. The van der Waals surface area contributed by atoms with Gasteiger partial charge in [0.1, 0.15) is 0 Å². The molecule has 19 heavy (non-hydrogen) atoms. The first-order valence-electron chi connectivity index (χ1n) is 6.61. The van der Waals surface area contributed by atoms with Crippen LogP contribution in [0.15, 0.2) is 48.5 Å². The average Bonchev–Trinajstić information content (AvgIpc) is 2.79. The van der Waals surface area contributed by atoms with Crippen molar-refractivity contribution in [1.82, 2.24) is 5.32 Å².